The van der Waals surface area contributed by atoms with E-state index in [1.54, 1.807) is 12.1 Å². The van der Waals surface area contributed by atoms with Gasteiger partial charge in [0.2, 0.25) is 5.91 Å². The number of aromatic carboxylic acids is 1. The van der Waals surface area contributed by atoms with E-state index in [-0.39, 0.29) is 11.9 Å². The Labute approximate surface area is 125 Å². The third-order valence-corrected chi connectivity index (χ3v) is 4.00. The number of amides is 1. The number of rotatable bonds is 5. The van der Waals surface area contributed by atoms with E-state index >= 15 is 0 Å². The number of nitrogens with one attached hydrogen (secondary N) is 1. The van der Waals surface area contributed by atoms with Gasteiger partial charge < -0.3 is 10.4 Å². The van der Waals surface area contributed by atoms with Crippen LogP contribution in [0, 0.1) is 5.92 Å². The van der Waals surface area contributed by atoms with Crippen LogP contribution in [0.3, 0.4) is 0 Å². The molecule has 1 aromatic carbocycles. The highest BCUT2D eigenvalue weighted by molar-refractivity contribution is 5.88. The van der Waals surface area contributed by atoms with Crippen molar-refractivity contribution in [1.29, 1.82) is 0 Å². The van der Waals surface area contributed by atoms with Crippen LogP contribution < -0.4 is 5.32 Å². The van der Waals surface area contributed by atoms with E-state index in [0.717, 1.165) is 11.1 Å². The van der Waals surface area contributed by atoms with Crippen LogP contribution in [0.25, 0.3) is 0 Å². The molecule has 114 valence electrons. The van der Waals surface area contributed by atoms with Crippen LogP contribution in [0.2, 0.25) is 0 Å². The normalized spacial score (nSPS) is 15.8. The van der Waals surface area contributed by atoms with Gasteiger partial charge in [-0.1, -0.05) is 19.9 Å². The molecule has 0 saturated heterocycles. The summed E-state index contributed by atoms with van der Waals surface area (Å²) in [6, 6.07) is 5.31. The van der Waals surface area contributed by atoms with E-state index in [9.17, 15) is 9.59 Å². The SMILES string of the molecule is CC(C)C(C)NC(=O)CN1Cc2ccc(C(=O)O)cc2C1. The van der Waals surface area contributed by atoms with E-state index in [0.29, 0.717) is 31.1 Å². The lowest BCUT2D eigenvalue weighted by molar-refractivity contribution is -0.123. The fourth-order valence-electron chi connectivity index (χ4n) is 2.38. The van der Waals surface area contributed by atoms with E-state index in [1.807, 2.05) is 17.9 Å². The zero-order valence-electron chi connectivity index (χ0n) is 12.7. The Kier molecular flexibility index (Phi) is 4.63. The molecule has 5 nitrogen and oxygen atoms in total. The van der Waals surface area contributed by atoms with Crippen molar-refractivity contribution >= 4 is 11.9 Å². The largest absolute Gasteiger partial charge is 0.478 e. The summed E-state index contributed by atoms with van der Waals surface area (Å²) in [4.78, 5) is 25.0. The van der Waals surface area contributed by atoms with Gasteiger partial charge in [0.05, 0.1) is 12.1 Å². The number of hydrogen-bond acceptors (Lipinski definition) is 3. The Morgan fingerprint density at radius 3 is 2.52 bits per heavy atom. The molecule has 0 aliphatic carbocycles. The van der Waals surface area contributed by atoms with E-state index in [4.69, 9.17) is 5.11 Å². The third-order valence-electron chi connectivity index (χ3n) is 4.00. The van der Waals surface area contributed by atoms with Crippen LogP contribution in [0.15, 0.2) is 18.2 Å². The monoisotopic (exact) mass is 290 g/mol. The molecular formula is C16H22N2O3. The molecule has 1 heterocycles. The Hall–Kier alpha value is -1.88. The minimum atomic E-state index is -0.917. The van der Waals surface area contributed by atoms with Gasteiger partial charge in [0.1, 0.15) is 0 Å². The van der Waals surface area contributed by atoms with E-state index < -0.39 is 5.97 Å². The van der Waals surface area contributed by atoms with Crippen LogP contribution in [0.4, 0.5) is 0 Å². The second-order valence-corrected chi connectivity index (χ2v) is 6.03. The summed E-state index contributed by atoms with van der Waals surface area (Å²) in [6.45, 7) is 7.81. The molecule has 21 heavy (non-hydrogen) atoms. The maximum atomic E-state index is 12.0. The molecule has 1 amide bonds. The molecule has 2 rings (SSSR count). The van der Waals surface area contributed by atoms with Crippen molar-refractivity contribution in [2.45, 2.75) is 39.9 Å². The average molecular weight is 290 g/mol. The molecule has 1 unspecified atom stereocenters. The van der Waals surface area contributed by atoms with Crippen LogP contribution in [-0.2, 0) is 17.9 Å². The van der Waals surface area contributed by atoms with Gasteiger partial charge in [-0.3, -0.25) is 9.69 Å². The maximum absolute atomic E-state index is 12.0. The first-order valence-corrected chi connectivity index (χ1v) is 7.23. The summed E-state index contributed by atoms with van der Waals surface area (Å²) >= 11 is 0. The molecule has 0 aromatic heterocycles. The first-order chi connectivity index (χ1) is 9.86. The summed E-state index contributed by atoms with van der Waals surface area (Å²) in [6.07, 6.45) is 0. The lowest BCUT2D eigenvalue weighted by atomic mass is 10.1. The van der Waals surface area contributed by atoms with Gasteiger partial charge in [-0.05, 0) is 36.1 Å². The number of carboxylic acids is 1. The molecule has 1 aliphatic heterocycles. The summed E-state index contributed by atoms with van der Waals surface area (Å²) in [5, 5.41) is 12.0. The van der Waals surface area contributed by atoms with Gasteiger partial charge in [0.15, 0.2) is 0 Å². The number of benzene rings is 1. The number of hydrogen-bond donors (Lipinski definition) is 2. The van der Waals surface area contributed by atoms with Crippen molar-refractivity contribution in [2.75, 3.05) is 6.54 Å². The molecule has 1 aromatic rings. The number of carbonyl (C=O) groups is 2. The average Bonchev–Trinajstić information content (AvgIpc) is 2.78. The summed E-state index contributed by atoms with van der Waals surface area (Å²) in [5.74, 6) is -0.495. The molecule has 5 heteroatoms. The van der Waals surface area contributed by atoms with Gasteiger partial charge >= 0.3 is 5.97 Å². The molecule has 0 radical (unpaired) electrons. The minimum Gasteiger partial charge on any atom is -0.478 e. The minimum absolute atomic E-state index is 0.0162. The van der Waals surface area contributed by atoms with Crippen LogP contribution >= 0.6 is 0 Å². The Morgan fingerprint density at radius 1 is 1.24 bits per heavy atom. The van der Waals surface area contributed by atoms with Gasteiger partial charge in [-0.2, -0.15) is 0 Å². The predicted molar refractivity (Wildman–Crippen MR) is 80.0 cm³/mol. The number of carbonyl (C=O) groups excluding carboxylic acids is 1. The zero-order chi connectivity index (χ0) is 15.6. The van der Waals surface area contributed by atoms with Crippen LogP contribution in [0.1, 0.15) is 42.3 Å². The smallest absolute Gasteiger partial charge is 0.335 e. The quantitative estimate of drug-likeness (QED) is 0.868. The van der Waals surface area contributed by atoms with Crippen molar-refractivity contribution in [3.8, 4) is 0 Å². The molecule has 0 fully saturated rings. The second-order valence-electron chi connectivity index (χ2n) is 6.03. The molecule has 0 saturated carbocycles. The number of nitrogens with zero attached hydrogens (tertiary/aromatic N) is 1. The van der Waals surface area contributed by atoms with Crippen molar-refractivity contribution in [3.63, 3.8) is 0 Å². The maximum Gasteiger partial charge on any atom is 0.335 e. The first-order valence-electron chi connectivity index (χ1n) is 7.23. The standard InChI is InChI=1S/C16H22N2O3/c1-10(2)11(3)17-15(19)9-18-7-13-5-4-12(16(20)21)6-14(13)8-18/h4-6,10-11H,7-9H2,1-3H3,(H,17,19)(H,20,21). The number of carboxylic acid groups (broad SMARTS) is 1. The molecule has 1 aliphatic rings. The van der Waals surface area contributed by atoms with E-state index in [2.05, 4.69) is 19.2 Å². The second kappa shape index (κ2) is 6.26. The highest BCUT2D eigenvalue weighted by atomic mass is 16.4. The summed E-state index contributed by atoms with van der Waals surface area (Å²) in [5.41, 5.74) is 2.40. The highest BCUT2D eigenvalue weighted by Gasteiger charge is 2.22. The van der Waals surface area contributed by atoms with Crippen molar-refractivity contribution in [1.82, 2.24) is 10.2 Å². The van der Waals surface area contributed by atoms with Gasteiger partial charge in [0, 0.05) is 19.1 Å². The van der Waals surface area contributed by atoms with E-state index in [1.165, 1.54) is 0 Å². The van der Waals surface area contributed by atoms with Crippen LogP contribution in [-0.4, -0.2) is 34.5 Å². The fraction of sp³-hybridized carbons (Fsp3) is 0.500. The molecule has 1 atom stereocenters. The molecular weight excluding hydrogens is 268 g/mol. The third kappa shape index (κ3) is 3.82. The van der Waals surface area contributed by atoms with Crippen molar-refractivity contribution < 1.29 is 14.7 Å². The first kappa shape index (κ1) is 15.5. The van der Waals surface area contributed by atoms with Crippen LogP contribution in [0.5, 0.6) is 0 Å². The highest BCUT2D eigenvalue weighted by Crippen LogP contribution is 2.23. The van der Waals surface area contributed by atoms with Crippen molar-refractivity contribution in [2.24, 2.45) is 5.92 Å². The molecule has 0 spiro atoms. The topological polar surface area (TPSA) is 69.6 Å². The lowest BCUT2D eigenvalue weighted by Gasteiger charge is -2.20. The Balaban J connectivity index is 1.94. The fourth-order valence-corrected chi connectivity index (χ4v) is 2.38. The Morgan fingerprint density at radius 2 is 1.90 bits per heavy atom. The summed E-state index contributed by atoms with van der Waals surface area (Å²) in [7, 11) is 0. The Bertz CT molecular complexity index is 554. The summed E-state index contributed by atoms with van der Waals surface area (Å²) < 4.78 is 0. The van der Waals surface area contributed by atoms with Gasteiger partial charge in [0.25, 0.3) is 0 Å². The zero-order valence-corrected chi connectivity index (χ0v) is 12.7. The predicted octanol–water partition coefficient (Wildman–Crippen LogP) is 1.86. The van der Waals surface area contributed by atoms with Gasteiger partial charge in [-0.15, -0.1) is 0 Å². The number of fused-ring (bicyclic) bond motifs is 1. The van der Waals surface area contributed by atoms with Crippen molar-refractivity contribution in [3.05, 3.63) is 34.9 Å². The molecule has 0 bridgehead atoms. The van der Waals surface area contributed by atoms with Gasteiger partial charge in [-0.25, -0.2) is 4.79 Å². The molecule has 2 N–H and O–H groups in total. The lowest BCUT2D eigenvalue weighted by Crippen LogP contribution is -2.41.